The smallest absolute Gasteiger partial charge is 0.297 e. The molecule has 94 valence electrons. The Morgan fingerprint density at radius 2 is 2.29 bits per heavy atom. The number of piperidine rings is 1. The van der Waals surface area contributed by atoms with Crippen LogP contribution in [0, 0.1) is 0 Å². The molecule has 0 bridgehead atoms. The number of aromatic nitrogens is 1. The average Bonchev–Trinajstić information content (AvgIpc) is 3.06. The van der Waals surface area contributed by atoms with Gasteiger partial charge in [0.2, 0.25) is 0 Å². The van der Waals surface area contributed by atoms with Gasteiger partial charge in [-0.1, -0.05) is 0 Å². The minimum absolute atomic E-state index is 0.562. The molecule has 0 aromatic carbocycles. The number of hydrogen-bond donors (Lipinski definition) is 1. The topological polar surface area (TPSA) is 41.3 Å². The van der Waals surface area contributed by atoms with Crippen LogP contribution in [-0.2, 0) is 6.54 Å². The molecule has 1 aromatic rings. The summed E-state index contributed by atoms with van der Waals surface area (Å²) in [6.45, 7) is 4.18. The molecule has 1 saturated heterocycles. The summed E-state index contributed by atoms with van der Waals surface area (Å²) in [7, 11) is 0. The first-order valence-corrected chi connectivity index (χ1v) is 6.77. The first-order chi connectivity index (χ1) is 8.33. The van der Waals surface area contributed by atoms with E-state index in [0.29, 0.717) is 6.04 Å². The van der Waals surface area contributed by atoms with Gasteiger partial charge in [0.25, 0.3) is 6.01 Å². The zero-order chi connectivity index (χ0) is 11.7. The molecule has 0 amide bonds. The Hall–Kier alpha value is -1.03. The summed E-state index contributed by atoms with van der Waals surface area (Å²) in [4.78, 5) is 6.88. The molecule has 0 radical (unpaired) electrons. The predicted octanol–water partition coefficient (Wildman–Crippen LogP) is 2.31. The number of hydrogen-bond acceptors (Lipinski definition) is 4. The molecule has 1 unspecified atom stereocenters. The van der Waals surface area contributed by atoms with Crippen LogP contribution in [0.3, 0.4) is 0 Å². The second-order valence-electron chi connectivity index (χ2n) is 5.31. The van der Waals surface area contributed by atoms with Crippen molar-refractivity contribution in [2.24, 2.45) is 0 Å². The second-order valence-corrected chi connectivity index (χ2v) is 5.31. The van der Waals surface area contributed by atoms with Crippen molar-refractivity contribution in [3.05, 3.63) is 12.0 Å². The third-order valence-corrected chi connectivity index (χ3v) is 3.74. The molecule has 2 heterocycles. The normalized spacial score (nSPS) is 25.2. The fourth-order valence-electron chi connectivity index (χ4n) is 2.43. The fourth-order valence-corrected chi connectivity index (χ4v) is 2.43. The van der Waals surface area contributed by atoms with E-state index in [1.807, 2.05) is 0 Å². The first kappa shape index (κ1) is 11.1. The average molecular weight is 235 g/mol. The molecule has 17 heavy (non-hydrogen) atoms. The van der Waals surface area contributed by atoms with Crippen molar-refractivity contribution in [2.75, 3.05) is 11.4 Å². The molecule has 1 atom stereocenters. The maximum absolute atomic E-state index is 5.60. The number of oxazole rings is 1. The zero-order valence-electron chi connectivity index (χ0n) is 10.5. The molecule has 4 nitrogen and oxygen atoms in total. The van der Waals surface area contributed by atoms with Gasteiger partial charge in [-0.3, -0.25) is 0 Å². The van der Waals surface area contributed by atoms with Crippen molar-refractivity contribution in [1.82, 2.24) is 10.3 Å². The van der Waals surface area contributed by atoms with Crippen LogP contribution >= 0.6 is 0 Å². The lowest BCUT2D eigenvalue weighted by molar-refractivity contribution is 0.434. The van der Waals surface area contributed by atoms with E-state index < -0.39 is 0 Å². The van der Waals surface area contributed by atoms with Gasteiger partial charge >= 0.3 is 0 Å². The maximum atomic E-state index is 5.60. The number of anilines is 1. The summed E-state index contributed by atoms with van der Waals surface area (Å²) in [6, 6.07) is 2.10. The van der Waals surface area contributed by atoms with Crippen LogP contribution in [0.25, 0.3) is 0 Å². The van der Waals surface area contributed by atoms with E-state index in [-0.39, 0.29) is 0 Å². The lowest BCUT2D eigenvalue weighted by atomic mass is 10.0. The predicted molar refractivity (Wildman–Crippen MR) is 67.0 cm³/mol. The Balaban J connectivity index is 1.61. The number of nitrogens with one attached hydrogen (secondary N) is 1. The molecule has 2 fully saturated rings. The van der Waals surface area contributed by atoms with E-state index in [4.69, 9.17) is 4.42 Å². The lowest BCUT2D eigenvalue weighted by Crippen LogP contribution is -2.37. The maximum Gasteiger partial charge on any atom is 0.297 e. The molecule has 1 aliphatic carbocycles. The van der Waals surface area contributed by atoms with Crippen LogP contribution in [0.5, 0.6) is 0 Å². The molecule has 1 saturated carbocycles. The zero-order valence-corrected chi connectivity index (χ0v) is 10.5. The van der Waals surface area contributed by atoms with Crippen LogP contribution in [0.15, 0.2) is 10.7 Å². The van der Waals surface area contributed by atoms with Crippen LogP contribution in [0.2, 0.25) is 0 Å². The lowest BCUT2D eigenvalue weighted by Gasteiger charge is -2.31. The minimum atomic E-state index is 0.562. The highest BCUT2D eigenvalue weighted by atomic mass is 16.4. The highest BCUT2D eigenvalue weighted by molar-refractivity contribution is 5.29. The molecule has 2 aliphatic rings. The molecular formula is C13H21N3O. The molecule has 1 aliphatic heterocycles. The summed E-state index contributed by atoms with van der Waals surface area (Å²) < 4.78 is 5.60. The molecule has 1 aromatic heterocycles. The van der Waals surface area contributed by atoms with Crippen molar-refractivity contribution in [1.29, 1.82) is 0 Å². The van der Waals surface area contributed by atoms with Gasteiger partial charge in [-0.05, 0) is 39.0 Å². The van der Waals surface area contributed by atoms with Gasteiger partial charge in [0.15, 0.2) is 0 Å². The van der Waals surface area contributed by atoms with Gasteiger partial charge in [0.05, 0.1) is 5.69 Å². The van der Waals surface area contributed by atoms with Gasteiger partial charge in [-0.2, -0.15) is 4.98 Å². The van der Waals surface area contributed by atoms with Crippen molar-refractivity contribution >= 4 is 6.01 Å². The number of rotatable bonds is 4. The van der Waals surface area contributed by atoms with Crippen LogP contribution < -0.4 is 10.2 Å². The van der Waals surface area contributed by atoms with E-state index in [1.165, 1.54) is 32.1 Å². The molecule has 1 N–H and O–H groups in total. The van der Waals surface area contributed by atoms with Gasteiger partial charge in [0, 0.05) is 25.2 Å². The summed E-state index contributed by atoms with van der Waals surface area (Å²) in [6.07, 6.45) is 8.25. The summed E-state index contributed by atoms with van der Waals surface area (Å²) in [5.74, 6) is 0. The molecule has 4 heteroatoms. The van der Waals surface area contributed by atoms with Crippen molar-refractivity contribution in [3.63, 3.8) is 0 Å². The Morgan fingerprint density at radius 1 is 1.41 bits per heavy atom. The van der Waals surface area contributed by atoms with Crippen molar-refractivity contribution in [3.8, 4) is 0 Å². The van der Waals surface area contributed by atoms with E-state index in [2.05, 4.69) is 22.1 Å². The summed E-state index contributed by atoms with van der Waals surface area (Å²) >= 11 is 0. The number of nitrogens with zero attached hydrogens (tertiary/aromatic N) is 2. The van der Waals surface area contributed by atoms with Crippen LogP contribution in [-0.4, -0.2) is 23.6 Å². The summed E-state index contributed by atoms with van der Waals surface area (Å²) in [5, 5.41) is 3.46. The minimum Gasteiger partial charge on any atom is -0.432 e. The third kappa shape index (κ3) is 2.63. The van der Waals surface area contributed by atoms with E-state index in [9.17, 15) is 0 Å². The third-order valence-electron chi connectivity index (χ3n) is 3.74. The molecule has 3 rings (SSSR count). The Labute approximate surface area is 102 Å². The first-order valence-electron chi connectivity index (χ1n) is 6.77. The monoisotopic (exact) mass is 235 g/mol. The van der Waals surface area contributed by atoms with Gasteiger partial charge in [-0.15, -0.1) is 0 Å². The van der Waals surface area contributed by atoms with Crippen molar-refractivity contribution in [2.45, 2.75) is 57.7 Å². The highest BCUT2D eigenvalue weighted by Gasteiger charge is 2.23. The fraction of sp³-hybridized carbons (Fsp3) is 0.769. The second kappa shape index (κ2) is 4.69. The quantitative estimate of drug-likeness (QED) is 0.869. The standard InChI is InChI=1S/C13H21N3O/c1-10-4-2-3-7-16(10)13-15-12(9-17-13)8-14-11-5-6-11/h9-11,14H,2-8H2,1H3. The van der Waals surface area contributed by atoms with Gasteiger partial charge < -0.3 is 14.6 Å². The molecular weight excluding hydrogens is 214 g/mol. The Bertz CT molecular complexity index is 372. The van der Waals surface area contributed by atoms with Crippen LogP contribution in [0.1, 0.15) is 44.7 Å². The van der Waals surface area contributed by atoms with Crippen molar-refractivity contribution < 1.29 is 4.42 Å². The molecule has 0 spiro atoms. The Kier molecular flexibility index (Phi) is 3.05. The van der Waals surface area contributed by atoms with Crippen LogP contribution in [0.4, 0.5) is 6.01 Å². The van der Waals surface area contributed by atoms with Gasteiger partial charge in [0.1, 0.15) is 6.26 Å². The van der Waals surface area contributed by atoms with E-state index >= 15 is 0 Å². The van der Waals surface area contributed by atoms with E-state index in [1.54, 1.807) is 6.26 Å². The SMILES string of the molecule is CC1CCCCN1c1nc(CNC2CC2)co1. The van der Waals surface area contributed by atoms with E-state index in [0.717, 1.165) is 30.8 Å². The highest BCUT2D eigenvalue weighted by Crippen LogP contribution is 2.24. The Morgan fingerprint density at radius 3 is 3.06 bits per heavy atom. The largest absolute Gasteiger partial charge is 0.432 e. The van der Waals surface area contributed by atoms with Gasteiger partial charge in [-0.25, -0.2) is 0 Å². The summed E-state index contributed by atoms with van der Waals surface area (Å²) in [5.41, 5.74) is 1.03.